The van der Waals surface area contributed by atoms with E-state index in [1.807, 2.05) is 54.3 Å². The first-order chi connectivity index (χ1) is 14.6. The number of piperazine rings is 1. The molecule has 6 heteroatoms. The van der Waals surface area contributed by atoms with Gasteiger partial charge in [-0.15, -0.1) is 0 Å². The van der Waals surface area contributed by atoms with E-state index in [4.69, 9.17) is 4.42 Å². The van der Waals surface area contributed by atoms with Gasteiger partial charge in [-0.3, -0.25) is 9.00 Å². The standard InChI is InChI=1S/C24H26N2O3S/c1-19-7-9-20(10-8-19)17-30(28)18-22-11-12-23(29-22)24(27)26-15-13-25(14-16-26)21-5-3-2-4-6-21/h2-12H,13-18H2,1H3/t30-/m1/s1. The molecule has 0 unspecified atom stereocenters. The van der Waals surface area contributed by atoms with Gasteiger partial charge in [-0.25, -0.2) is 0 Å². The molecule has 1 atom stereocenters. The summed E-state index contributed by atoms with van der Waals surface area (Å²) in [6.45, 7) is 4.93. The van der Waals surface area contributed by atoms with E-state index in [1.165, 1.54) is 11.3 Å². The van der Waals surface area contributed by atoms with Gasteiger partial charge >= 0.3 is 0 Å². The number of benzene rings is 2. The number of aryl methyl sites for hydroxylation is 1. The SMILES string of the molecule is Cc1ccc(C[S@@](=O)Cc2ccc(C(=O)N3CCN(c4ccccc4)CC3)o2)cc1. The Morgan fingerprint density at radius 2 is 1.60 bits per heavy atom. The second-order valence-electron chi connectivity index (χ2n) is 7.59. The van der Waals surface area contributed by atoms with Gasteiger partial charge < -0.3 is 14.2 Å². The Hall–Kier alpha value is -2.86. The Morgan fingerprint density at radius 1 is 0.900 bits per heavy atom. The second kappa shape index (κ2) is 9.30. The Bertz CT molecular complexity index is 1010. The van der Waals surface area contributed by atoms with Crippen molar-refractivity contribution in [3.63, 3.8) is 0 Å². The van der Waals surface area contributed by atoms with Crippen LogP contribution in [0.1, 0.15) is 27.4 Å². The van der Waals surface area contributed by atoms with Crippen LogP contribution in [0.3, 0.4) is 0 Å². The quantitative estimate of drug-likeness (QED) is 0.603. The molecule has 1 aliphatic rings. The highest BCUT2D eigenvalue weighted by Gasteiger charge is 2.24. The summed E-state index contributed by atoms with van der Waals surface area (Å²) >= 11 is 0. The monoisotopic (exact) mass is 422 g/mol. The van der Waals surface area contributed by atoms with Crippen LogP contribution in [0.2, 0.25) is 0 Å². The van der Waals surface area contributed by atoms with Gasteiger partial charge in [0.2, 0.25) is 0 Å². The Kier molecular flexibility index (Phi) is 6.33. The average molecular weight is 423 g/mol. The lowest BCUT2D eigenvalue weighted by molar-refractivity contribution is 0.0713. The third-order valence-electron chi connectivity index (χ3n) is 5.31. The Labute approximate surface area is 179 Å². The van der Waals surface area contributed by atoms with Crippen molar-refractivity contribution in [1.82, 2.24) is 4.90 Å². The predicted molar refractivity (Wildman–Crippen MR) is 120 cm³/mol. The highest BCUT2D eigenvalue weighted by Crippen LogP contribution is 2.19. The van der Waals surface area contributed by atoms with Gasteiger partial charge in [0.25, 0.3) is 5.91 Å². The van der Waals surface area contributed by atoms with Crippen molar-refractivity contribution in [3.8, 4) is 0 Å². The van der Waals surface area contributed by atoms with Crippen LogP contribution < -0.4 is 4.90 Å². The Morgan fingerprint density at radius 3 is 2.30 bits per heavy atom. The molecule has 0 bridgehead atoms. The molecule has 30 heavy (non-hydrogen) atoms. The molecule has 1 aromatic heterocycles. The lowest BCUT2D eigenvalue weighted by atomic mass is 10.2. The van der Waals surface area contributed by atoms with Crippen molar-refractivity contribution in [2.75, 3.05) is 31.1 Å². The van der Waals surface area contributed by atoms with E-state index in [0.717, 1.165) is 18.7 Å². The van der Waals surface area contributed by atoms with Crippen LogP contribution in [-0.4, -0.2) is 41.2 Å². The summed E-state index contributed by atoms with van der Waals surface area (Å²) in [6, 6.07) is 21.7. The van der Waals surface area contributed by atoms with E-state index >= 15 is 0 Å². The maximum absolute atomic E-state index is 12.8. The van der Waals surface area contributed by atoms with Gasteiger partial charge in [0.1, 0.15) is 5.76 Å². The van der Waals surface area contributed by atoms with E-state index in [2.05, 4.69) is 17.0 Å². The number of nitrogens with zero attached hydrogens (tertiary/aromatic N) is 2. The molecule has 4 rings (SSSR count). The van der Waals surface area contributed by atoms with Gasteiger partial charge in [-0.1, -0.05) is 48.0 Å². The topological polar surface area (TPSA) is 53.8 Å². The van der Waals surface area contributed by atoms with E-state index in [0.29, 0.717) is 36.1 Å². The smallest absolute Gasteiger partial charge is 0.289 e. The van der Waals surface area contributed by atoms with Crippen LogP contribution in [0.25, 0.3) is 0 Å². The fourth-order valence-corrected chi connectivity index (χ4v) is 4.75. The molecule has 0 spiro atoms. The summed E-state index contributed by atoms with van der Waals surface area (Å²) in [7, 11) is -1.08. The van der Waals surface area contributed by atoms with Crippen molar-refractivity contribution in [3.05, 3.63) is 89.4 Å². The van der Waals surface area contributed by atoms with Crippen molar-refractivity contribution in [1.29, 1.82) is 0 Å². The van der Waals surface area contributed by atoms with E-state index in [1.54, 1.807) is 12.1 Å². The molecule has 0 saturated carbocycles. The molecule has 156 valence electrons. The Balaban J connectivity index is 1.31. The molecule has 1 fully saturated rings. The van der Waals surface area contributed by atoms with Crippen molar-refractivity contribution >= 4 is 22.4 Å². The molecule has 1 amide bonds. The molecule has 0 aliphatic carbocycles. The zero-order valence-corrected chi connectivity index (χ0v) is 17.9. The molecule has 2 aromatic carbocycles. The molecule has 1 saturated heterocycles. The minimum atomic E-state index is -1.08. The number of amides is 1. The molecule has 2 heterocycles. The zero-order chi connectivity index (χ0) is 20.9. The minimum Gasteiger partial charge on any atom is -0.455 e. The number of rotatable bonds is 6. The molecule has 5 nitrogen and oxygen atoms in total. The van der Waals surface area contributed by atoms with Crippen molar-refractivity contribution in [2.45, 2.75) is 18.4 Å². The fraction of sp³-hybridized carbons (Fsp3) is 0.292. The highest BCUT2D eigenvalue weighted by atomic mass is 32.2. The predicted octanol–water partition coefficient (Wildman–Crippen LogP) is 4.00. The minimum absolute atomic E-state index is 0.0988. The summed E-state index contributed by atoms with van der Waals surface area (Å²) in [5.74, 6) is 1.60. The van der Waals surface area contributed by atoms with Crippen LogP contribution in [-0.2, 0) is 22.3 Å². The zero-order valence-electron chi connectivity index (χ0n) is 17.1. The molecule has 3 aromatic rings. The van der Waals surface area contributed by atoms with Crippen LogP contribution in [0, 0.1) is 6.92 Å². The summed E-state index contributed by atoms with van der Waals surface area (Å²) in [6.07, 6.45) is 0. The normalized spacial score (nSPS) is 15.2. The third kappa shape index (κ3) is 5.00. The molecule has 0 N–H and O–H groups in total. The summed E-state index contributed by atoms with van der Waals surface area (Å²) < 4.78 is 18.2. The van der Waals surface area contributed by atoms with Crippen LogP contribution >= 0.6 is 0 Å². The van der Waals surface area contributed by atoms with Gasteiger partial charge in [-0.05, 0) is 36.8 Å². The van der Waals surface area contributed by atoms with E-state index in [-0.39, 0.29) is 5.91 Å². The lowest BCUT2D eigenvalue weighted by Gasteiger charge is -2.35. The van der Waals surface area contributed by atoms with Gasteiger partial charge in [0, 0.05) is 48.4 Å². The maximum Gasteiger partial charge on any atom is 0.289 e. The first-order valence-corrected chi connectivity index (χ1v) is 11.7. The molecular weight excluding hydrogens is 396 g/mol. The number of furan rings is 1. The van der Waals surface area contributed by atoms with Gasteiger partial charge in [-0.2, -0.15) is 0 Å². The molecule has 1 aliphatic heterocycles. The summed E-state index contributed by atoms with van der Waals surface area (Å²) in [4.78, 5) is 16.9. The summed E-state index contributed by atoms with van der Waals surface area (Å²) in [5, 5.41) is 0. The average Bonchev–Trinajstić information content (AvgIpc) is 3.24. The van der Waals surface area contributed by atoms with Crippen LogP contribution in [0.15, 0.2) is 71.1 Å². The number of anilines is 1. The first-order valence-electron chi connectivity index (χ1n) is 10.2. The van der Waals surface area contributed by atoms with Crippen LogP contribution in [0.5, 0.6) is 0 Å². The fourth-order valence-electron chi connectivity index (χ4n) is 3.61. The van der Waals surface area contributed by atoms with Crippen LogP contribution in [0.4, 0.5) is 5.69 Å². The maximum atomic E-state index is 12.8. The summed E-state index contributed by atoms with van der Waals surface area (Å²) in [5.41, 5.74) is 3.40. The lowest BCUT2D eigenvalue weighted by Crippen LogP contribution is -2.48. The number of para-hydroxylation sites is 1. The molecule has 0 radical (unpaired) electrons. The third-order valence-corrected chi connectivity index (χ3v) is 6.57. The first kappa shape index (κ1) is 20.4. The number of carbonyl (C=O) groups excluding carboxylic acids is 1. The van der Waals surface area contributed by atoms with Crippen molar-refractivity contribution in [2.24, 2.45) is 0 Å². The van der Waals surface area contributed by atoms with Crippen molar-refractivity contribution < 1.29 is 13.4 Å². The number of carbonyl (C=O) groups is 1. The highest BCUT2D eigenvalue weighted by molar-refractivity contribution is 7.83. The van der Waals surface area contributed by atoms with E-state index in [9.17, 15) is 9.00 Å². The number of hydrogen-bond acceptors (Lipinski definition) is 4. The largest absolute Gasteiger partial charge is 0.455 e. The van der Waals surface area contributed by atoms with Gasteiger partial charge in [0.15, 0.2) is 5.76 Å². The second-order valence-corrected chi connectivity index (χ2v) is 9.05. The van der Waals surface area contributed by atoms with E-state index < -0.39 is 10.8 Å². The molecular formula is C24H26N2O3S. The van der Waals surface area contributed by atoms with Gasteiger partial charge in [0.05, 0.1) is 5.75 Å². The number of hydrogen-bond donors (Lipinski definition) is 0.